The SMILES string of the molecule is Cc1cc(N)c(Cl)cc1NS(=O)(=O)N(C)C(C)C. The van der Waals surface area contributed by atoms with Gasteiger partial charge in [0.1, 0.15) is 0 Å². The van der Waals surface area contributed by atoms with Crippen molar-refractivity contribution in [1.29, 1.82) is 0 Å². The summed E-state index contributed by atoms with van der Waals surface area (Å²) in [5.74, 6) is 0. The quantitative estimate of drug-likeness (QED) is 0.835. The van der Waals surface area contributed by atoms with Gasteiger partial charge in [-0.3, -0.25) is 4.72 Å². The number of halogens is 1. The van der Waals surface area contributed by atoms with E-state index in [1.165, 1.54) is 17.4 Å². The van der Waals surface area contributed by atoms with E-state index < -0.39 is 10.2 Å². The van der Waals surface area contributed by atoms with Crippen molar-refractivity contribution in [3.63, 3.8) is 0 Å². The molecule has 0 aliphatic heterocycles. The summed E-state index contributed by atoms with van der Waals surface area (Å²) in [6.45, 7) is 5.35. The highest BCUT2D eigenvalue weighted by Crippen LogP contribution is 2.27. The number of nitrogens with two attached hydrogens (primary N) is 1. The molecule has 102 valence electrons. The number of benzene rings is 1. The van der Waals surface area contributed by atoms with E-state index in [0.717, 1.165) is 5.56 Å². The van der Waals surface area contributed by atoms with E-state index in [9.17, 15) is 8.42 Å². The lowest BCUT2D eigenvalue weighted by atomic mass is 10.2. The Morgan fingerprint density at radius 3 is 2.44 bits per heavy atom. The highest BCUT2D eigenvalue weighted by Gasteiger charge is 2.21. The lowest BCUT2D eigenvalue weighted by Crippen LogP contribution is -2.37. The van der Waals surface area contributed by atoms with Crippen LogP contribution in [0.25, 0.3) is 0 Å². The van der Waals surface area contributed by atoms with Crippen molar-refractivity contribution < 1.29 is 8.42 Å². The molecule has 0 aliphatic carbocycles. The molecule has 18 heavy (non-hydrogen) atoms. The van der Waals surface area contributed by atoms with Gasteiger partial charge >= 0.3 is 10.2 Å². The molecule has 0 heterocycles. The van der Waals surface area contributed by atoms with Crippen LogP contribution in [0.15, 0.2) is 12.1 Å². The van der Waals surface area contributed by atoms with Crippen molar-refractivity contribution in [2.75, 3.05) is 17.5 Å². The summed E-state index contributed by atoms with van der Waals surface area (Å²) in [5.41, 5.74) is 7.22. The third-order valence-corrected chi connectivity index (χ3v) is 4.67. The summed E-state index contributed by atoms with van der Waals surface area (Å²) in [5, 5.41) is 0.325. The minimum atomic E-state index is -3.58. The van der Waals surface area contributed by atoms with Crippen LogP contribution in [0.1, 0.15) is 19.4 Å². The normalized spacial score (nSPS) is 12.2. The smallest absolute Gasteiger partial charge is 0.301 e. The molecule has 0 bridgehead atoms. The lowest BCUT2D eigenvalue weighted by Gasteiger charge is -2.22. The Kier molecular flexibility index (Phi) is 4.47. The number of hydrogen-bond donors (Lipinski definition) is 2. The summed E-state index contributed by atoms with van der Waals surface area (Å²) < 4.78 is 27.8. The second-order valence-corrected chi connectivity index (χ2v) is 6.54. The molecule has 3 N–H and O–H groups in total. The van der Waals surface area contributed by atoms with Gasteiger partial charge < -0.3 is 5.73 Å². The van der Waals surface area contributed by atoms with Gasteiger partial charge in [0.2, 0.25) is 0 Å². The van der Waals surface area contributed by atoms with Crippen LogP contribution < -0.4 is 10.5 Å². The van der Waals surface area contributed by atoms with Crippen LogP contribution in [0.2, 0.25) is 5.02 Å². The highest BCUT2D eigenvalue weighted by molar-refractivity contribution is 7.90. The first-order valence-electron chi connectivity index (χ1n) is 5.46. The lowest BCUT2D eigenvalue weighted by molar-refractivity contribution is 0.414. The van der Waals surface area contributed by atoms with E-state index in [1.54, 1.807) is 26.8 Å². The zero-order valence-electron chi connectivity index (χ0n) is 10.9. The van der Waals surface area contributed by atoms with Crippen LogP contribution >= 0.6 is 11.6 Å². The molecule has 5 nitrogen and oxygen atoms in total. The Balaban J connectivity index is 3.09. The van der Waals surface area contributed by atoms with Crippen LogP contribution in [0.3, 0.4) is 0 Å². The number of nitrogens with one attached hydrogen (secondary N) is 1. The minimum absolute atomic E-state index is 0.132. The van der Waals surface area contributed by atoms with E-state index in [-0.39, 0.29) is 6.04 Å². The van der Waals surface area contributed by atoms with Crippen LogP contribution in [-0.4, -0.2) is 25.8 Å². The van der Waals surface area contributed by atoms with Gasteiger partial charge in [-0.25, -0.2) is 0 Å². The summed E-state index contributed by atoms with van der Waals surface area (Å²) >= 11 is 5.88. The fraction of sp³-hybridized carbons (Fsp3) is 0.455. The number of hydrogen-bond acceptors (Lipinski definition) is 3. The van der Waals surface area contributed by atoms with E-state index in [1.807, 2.05) is 0 Å². The van der Waals surface area contributed by atoms with Gasteiger partial charge in [-0.1, -0.05) is 11.6 Å². The van der Waals surface area contributed by atoms with Crippen molar-refractivity contribution in [2.45, 2.75) is 26.8 Å². The minimum Gasteiger partial charge on any atom is -0.398 e. The van der Waals surface area contributed by atoms with E-state index >= 15 is 0 Å². The van der Waals surface area contributed by atoms with Gasteiger partial charge in [-0.05, 0) is 38.5 Å². The fourth-order valence-electron chi connectivity index (χ4n) is 1.30. The maximum Gasteiger partial charge on any atom is 0.301 e. The number of anilines is 2. The van der Waals surface area contributed by atoms with Gasteiger partial charge in [-0.2, -0.15) is 12.7 Å². The zero-order valence-corrected chi connectivity index (χ0v) is 12.4. The highest BCUT2D eigenvalue weighted by atomic mass is 35.5. The standard InChI is InChI=1S/C11H18ClN3O2S/c1-7(2)15(4)18(16,17)14-11-6-9(12)10(13)5-8(11)3/h5-7,14H,13H2,1-4H3. The second-order valence-electron chi connectivity index (χ2n) is 4.41. The van der Waals surface area contributed by atoms with Crippen molar-refractivity contribution >= 4 is 33.2 Å². The second kappa shape index (κ2) is 5.34. The zero-order chi connectivity index (χ0) is 14.1. The largest absolute Gasteiger partial charge is 0.398 e. The van der Waals surface area contributed by atoms with Crippen molar-refractivity contribution in [3.05, 3.63) is 22.7 Å². The van der Waals surface area contributed by atoms with Crippen molar-refractivity contribution in [3.8, 4) is 0 Å². The molecule has 0 aliphatic rings. The molecule has 1 rings (SSSR count). The maximum absolute atomic E-state index is 12.0. The Morgan fingerprint density at radius 1 is 1.39 bits per heavy atom. The molecule has 0 spiro atoms. The monoisotopic (exact) mass is 291 g/mol. The van der Waals surface area contributed by atoms with Gasteiger partial charge in [0.15, 0.2) is 0 Å². The van der Waals surface area contributed by atoms with Crippen molar-refractivity contribution in [2.24, 2.45) is 0 Å². The molecule has 0 unspecified atom stereocenters. The first-order valence-corrected chi connectivity index (χ1v) is 7.28. The van der Waals surface area contributed by atoms with E-state index in [4.69, 9.17) is 17.3 Å². The third kappa shape index (κ3) is 3.28. The molecule has 0 aromatic heterocycles. The van der Waals surface area contributed by atoms with Crippen LogP contribution in [0.4, 0.5) is 11.4 Å². The molecular weight excluding hydrogens is 274 g/mol. The van der Waals surface area contributed by atoms with Gasteiger partial charge in [0, 0.05) is 13.1 Å². The molecule has 7 heteroatoms. The molecule has 0 atom stereocenters. The van der Waals surface area contributed by atoms with Gasteiger partial charge in [-0.15, -0.1) is 0 Å². The average molecular weight is 292 g/mol. The molecular formula is C11H18ClN3O2S. The van der Waals surface area contributed by atoms with Crippen LogP contribution in [-0.2, 0) is 10.2 Å². The molecule has 0 amide bonds. The predicted octanol–water partition coefficient (Wildman–Crippen LogP) is 2.23. The summed E-state index contributed by atoms with van der Waals surface area (Å²) in [7, 11) is -2.07. The number of rotatable bonds is 4. The average Bonchev–Trinajstić information content (AvgIpc) is 2.24. The van der Waals surface area contributed by atoms with Crippen molar-refractivity contribution in [1.82, 2.24) is 4.31 Å². The fourth-order valence-corrected chi connectivity index (χ4v) is 2.66. The Bertz CT molecular complexity index is 543. The molecule has 0 fully saturated rings. The Hall–Kier alpha value is -0.980. The van der Waals surface area contributed by atoms with Crippen LogP contribution in [0.5, 0.6) is 0 Å². The summed E-state index contributed by atoms with van der Waals surface area (Å²) in [6.07, 6.45) is 0. The summed E-state index contributed by atoms with van der Waals surface area (Å²) in [6, 6.07) is 3.01. The molecule has 0 radical (unpaired) electrons. The molecule has 1 aromatic carbocycles. The number of nitrogen functional groups attached to an aromatic ring is 1. The molecule has 0 saturated carbocycles. The maximum atomic E-state index is 12.0. The number of nitrogens with zero attached hydrogens (tertiary/aromatic N) is 1. The first kappa shape index (κ1) is 15.1. The number of aryl methyl sites for hydroxylation is 1. The Labute approximate surface area is 113 Å². The van der Waals surface area contributed by atoms with Crippen LogP contribution in [0, 0.1) is 6.92 Å². The molecule has 1 aromatic rings. The topological polar surface area (TPSA) is 75.4 Å². The third-order valence-electron chi connectivity index (χ3n) is 2.69. The molecule has 0 saturated heterocycles. The summed E-state index contributed by atoms with van der Waals surface area (Å²) in [4.78, 5) is 0. The van der Waals surface area contributed by atoms with Gasteiger partial charge in [0.05, 0.1) is 16.4 Å². The van der Waals surface area contributed by atoms with Gasteiger partial charge in [0.25, 0.3) is 0 Å². The van der Waals surface area contributed by atoms with E-state index in [2.05, 4.69) is 4.72 Å². The van der Waals surface area contributed by atoms with E-state index in [0.29, 0.717) is 16.4 Å². The predicted molar refractivity (Wildman–Crippen MR) is 76.0 cm³/mol. The first-order chi connectivity index (χ1) is 8.15. The Morgan fingerprint density at radius 2 is 1.94 bits per heavy atom.